The van der Waals surface area contributed by atoms with Crippen LogP contribution in [-0.4, -0.2) is 5.97 Å². The van der Waals surface area contributed by atoms with E-state index in [9.17, 15) is 9.90 Å². The Kier molecular flexibility index (Phi) is 2.76. The molecule has 13 heavy (non-hydrogen) atoms. The molecule has 0 amide bonds. The van der Waals surface area contributed by atoms with Gasteiger partial charge in [0.15, 0.2) is 0 Å². The average Bonchev–Trinajstić information content (AvgIpc) is 2.07. The minimum atomic E-state index is -1.12. The van der Waals surface area contributed by atoms with Crippen LogP contribution in [0.15, 0.2) is 10.5 Å². The van der Waals surface area contributed by atoms with Crippen LogP contribution in [0.3, 0.4) is 0 Å². The van der Waals surface area contributed by atoms with E-state index >= 15 is 0 Å². The molecule has 0 fully saturated rings. The Balaban J connectivity index is 3.50. The Labute approximate surface area is 85.7 Å². The van der Waals surface area contributed by atoms with Crippen LogP contribution >= 0.6 is 15.9 Å². The first kappa shape index (κ1) is 10.3. The summed E-state index contributed by atoms with van der Waals surface area (Å²) in [6, 6.07) is 1.59. The van der Waals surface area contributed by atoms with E-state index in [1.165, 1.54) is 0 Å². The average molecular weight is 242 g/mol. The predicted molar refractivity (Wildman–Crippen MR) is 52.7 cm³/mol. The van der Waals surface area contributed by atoms with Gasteiger partial charge in [-0.1, -0.05) is 15.9 Å². The summed E-state index contributed by atoms with van der Waals surface area (Å²) in [6.07, 6.45) is 0. The molecular weight excluding hydrogens is 232 g/mol. The second-order valence-electron chi connectivity index (χ2n) is 3.07. The first-order valence-corrected chi connectivity index (χ1v) is 4.72. The van der Waals surface area contributed by atoms with Crippen molar-refractivity contribution in [2.45, 2.75) is 20.8 Å². The van der Waals surface area contributed by atoms with Crippen LogP contribution in [0, 0.1) is 20.8 Å². The van der Waals surface area contributed by atoms with Gasteiger partial charge in [0.25, 0.3) is 0 Å². The van der Waals surface area contributed by atoms with Gasteiger partial charge in [-0.15, -0.1) is 0 Å². The Bertz CT molecular complexity index is 370. The van der Waals surface area contributed by atoms with Crippen molar-refractivity contribution in [1.82, 2.24) is 0 Å². The van der Waals surface area contributed by atoms with Crippen molar-refractivity contribution < 1.29 is 9.90 Å². The maximum Gasteiger partial charge on any atom is 0.0718 e. The number of benzene rings is 1. The number of carboxylic acids is 1. The lowest BCUT2D eigenvalue weighted by Gasteiger charge is -2.13. The molecule has 0 aliphatic rings. The Morgan fingerprint density at radius 2 is 1.77 bits per heavy atom. The fourth-order valence-corrected chi connectivity index (χ4v) is 1.74. The van der Waals surface area contributed by atoms with E-state index in [0.717, 1.165) is 21.2 Å². The molecular formula is C10H10BrO2-. The molecule has 0 aromatic heterocycles. The largest absolute Gasteiger partial charge is 0.545 e. The monoisotopic (exact) mass is 241 g/mol. The van der Waals surface area contributed by atoms with Crippen molar-refractivity contribution >= 4 is 21.9 Å². The Morgan fingerprint density at radius 3 is 2.23 bits per heavy atom. The SMILES string of the molecule is Cc1c(Br)cc(C(=O)[O-])c(C)c1C. The third-order valence-corrected chi connectivity index (χ3v) is 3.20. The van der Waals surface area contributed by atoms with Crippen LogP contribution in [0.4, 0.5) is 0 Å². The van der Waals surface area contributed by atoms with Crippen molar-refractivity contribution in [3.63, 3.8) is 0 Å². The van der Waals surface area contributed by atoms with Gasteiger partial charge in [0.05, 0.1) is 5.97 Å². The first-order valence-electron chi connectivity index (χ1n) is 3.92. The summed E-state index contributed by atoms with van der Waals surface area (Å²) in [7, 11) is 0. The summed E-state index contributed by atoms with van der Waals surface area (Å²) in [5.74, 6) is -1.12. The topological polar surface area (TPSA) is 40.1 Å². The number of hydrogen-bond donors (Lipinski definition) is 0. The molecule has 0 heterocycles. The van der Waals surface area contributed by atoms with Crippen molar-refractivity contribution in [3.8, 4) is 0 Å². The van der Waals surface area contributed by atoms with E-state index in [1.807, 2.05) is 13.8 Å². The van der Waals surface area contributed by atoms with Crippen LogP contribution in [-0.2, 0) is 0 Å². The molecule has 0 aliphatic carbocycles. The molecule has 0 unspecified atom stereocenters. The molecule has 0 bridgehead atoms. The third-order valence-electron chi connectivity index (χ3n) is 2.38. The van der Waals surface area contributed by atoms with Gasteiger partial charge in [0.1, 0.15) is 0 Å². The van der Waals surface area contributed by atoms with Gasteiger partial charge in [-0.25, -0.2) is 0 Å². The van der Waals surface area contributed by atoms with E-state index in [-0.39, 0.29) is 5.56 Å². The molecule has 1 aromatic carbocycles. The van der Waals surface area contributed by atoms with Crippen molar-refractivity contribution in [1.29, 1.82) is 0 Å². The number of rotatable bonds is 1. The molecule has 0 atom stereocenters. The van der Waals surface area contributed by atoms with Crippen LogP contribution < -0.4 is 5.11 Å². The smallest absolute Gasteiger partial charge is 0.0718 e. The van der Waals surface area contributed by atoms with Crippen molar-refractivity contribution in [2.75, 3.05) is 0 Å². The highest BCUT2D eigenvalue weighted by Gasteiger charge is 2.07. The zero-order valence-corrected chi connectivity index (χ0v) is 9.36. The highest BCUT2D eigenvalue weighted by Crippen LogP contribution is 2.25. The molecule has 0 spiro atoms. The Morgan fingerprint density at radius 1 is 1.23 bits per heavy atom. The fraction of sp³-hybridized carbons (Fsp3) is 0.300. The van der Waals surface area contributed by atoms with Crippen LogP contribution in [0.1, 0.15) is 27.0 Å². The maximum atomic E-state index is 10.7. The molecule has 2 nitrogen and oxygen atoms in total. The van der Waals surface area contributed by atoms with Gasteiger partial charge >= 0.3 is 0 Å². The summed E-state index contributed by atoms with van der Waals surface area (Å²) in [4.78, 5) is 10.7. The van der Waals surface area contributed by atoms with Crippen LogP contribution in [0.2, 0.25) is 0 Å². The summed E-state index contributed by atoms with van der Waals surface area (Å²) < 4.78 is 0.815. The number of carbonyl (C=O) groups is 1. The lowest BCUT2D eigenvalue weighted by molar-refractivity contribution is -0.255. The highest BCUT2D eigenvalue weighted by atomic mass is 79.9. The van der Waals surface area contributed by atoms with Gasteiger partial charge in [0, 0.05) is 10.0 Å². The zero-order chi connectivity index (χ0) is 10.2. The minimum absolute atomic E-state index is 0.259. The van der Waals surface area contributed by atoms with E-state index in [4.69, 9.17) is 0 Å². The van der Waals surface area contributed by atoms with Gasteiger partial charge in [0.2, 0.25) is 0 Å². The van der Waals surface area contributed by atoms with E-state index in [0.29, 0.717) is 0 Å². The van der Waals surface area contributed by atoms with Gasteiger partial charge < -0.3 is 9.90 Å². The summed E-state index contributed by atoms with van der Waals surface area (Å²) in [5, 5.41) is 10.7. The van der Waals surface area contributed by atoms with Gasteiger partial charge in [-0.2, -0.15) is 0 Å². The Hall–Kier alpha value is -0.830. The molecule has 0 N–H and O–H groups in total. The van der Waals surface area contributed by atoms with E-state index < -0.39 is 5.97 Å². The van der Waals surface area contributed by atoms with Crippen LogP contribution in [0.5, 0.6) is 0 Å². The molecule has 0 saturated heterocycles. The standard InChI is InChI=1S/C10H11BrO2/c1-5-6(2)8(10(12)13)4-9(11)7(5)3/h4H,1-3H3,(H,12,13)/p-1. The van der Waals surface area contributed by atoms with Crippen molar-refractivity contribution in [3.05, 3.63) is 32.8 Å². The molecule has 1 aromatic rings. The molecule has 3 heteroatoms. The predicted octanol–water partition coefficient (Wildman–Crippen LogP) is 1.74. The van der Waals surface area contributed by atoms with E-state index in [1.54, 1.807) is 13.0 Å². The van der Waals surface area contributed by atoms with Crippen molar-refractivity contribution in [2.24, 2.45) is 0 Å². The fourth-order valence-electron chi connectivity index (χ4n) is 1.22. The summed E-state index contributed by atoms with van der Waals surface area (Å²) in [5.41, 5.74) is 3.10. The number of carboxylic acid groups (broad SMARTS) is 1. The number of aromatic carboxylic acids is 1. The van der Waals surface area contributed by atoms with Crippen LogP contribution in [0.25, 0.3) is 0 Å². The minimum Gasteiger partial charge on any atom is -0.545 e. The molecule has 70 valence electrons. The van der Waals surface area contributed by atoms with E-state index in [2.05, 4.69) is 15.9 Å². The number of halogens is 1. The molecule has 0 saturated carbocycles. The lowest BCUT2D eigenvalue weighted by Crippen LogP contribution is -2.23. The first-order chi connectivity index (χ1) is 5.95. The number of hydrogen-bond acceptors (Lipinski definition) is 2. The van der Waals surface area contributed by atoms with Gasteiger partial charge in [-0.3, -0.25) is 0 Å². The summed E-state index contributed by atoms with van der Waals surface area (Å²) in [6.45, 7) is 5.65. The molecule has 0 radical (unpaired) electrons. The highest BCUT2D eigenvalue weighted by molar-refractivity contribution is 9.10. The second-order valence-corrected chi connectivity index (χ2v) is 3.92. The summed E-state index contributed by atoms with van der Waals surface area (Å²) >= 11 is 3.31. The lowest BCUT2D eigenvalue weighted by atomic mass is 9.99. The number of carbonyl (C=O) groups excluding carboxylic acids is 1. The third kappa shape index (κ3) is 1.75. The molecule has 1 rings (SSSR count). The zero-order valence-electron chi connectivity index (χ0n) is 7.77. The van der Waals surface area contributed by atoms with Gasteiger partial charge in [-0.05, 0) is 43.5 Å². The quantitative estimate of drug-likeness (QED) is 0.752. The second kappa shape index (κ2) is 3.50. The molecule has 0 aliphatic heterocycles. The normalized spacial score (nSPS) is 10.2. The maximum absolute atomic E-state index is 10.7.